The third kappa shape index (κ3) is 3.31. The van der Waals surface area contributed by atoms with Crippen molar-refractivity contribution in [3.63, 3.8) is 0 Å². The molecule has 0 aliphatic carbocycles. The first-order valence-electron chi connectivity index (χ1n) is 4.68. The van der Waals surface area contributed by atoms with Crippen molar-refractivity contribution >= 4 is 23.4 Å². The Kier molecular flexibility index (Phi) is 4.43. The molecule has 1 rings (SSSR count). The Balaban J connectivity index is 2.73. The first kappa shape index (κ1) is 12.6. The molecule has 0 bridgehead atoms. The first-order chi connectivity index (χ1) is 7.54. The van der Waals surface area contributed by atoms with E-state index in [0.29, 0.717) is 0 Å². The topological polar surface area (TPSA) is 43.4 Å². The fraction of sp³-hybridized carbons (Fsp3) is 0.273. The molecule has 0 N–H and O–H groups in total. The standard InChI is InChI=1S/C11H10ClFO3/c1-2-16-11(15)6-10(14)7-3-4-8(12)9(13)5-7/h3-5H,2,6H2,1H3. The summed E-state index contributed by atoms with van der Waals surface area (Å²) in [4.78, 5) is 22.5. The minimum Gasteiger partial charge on any atom is -0.466 e. The number of carbonyl (C=O) groups excluding carboxylic acids is 2. The molecule has 5 heteroatoms. The number of benzene rings is 1. The number of esters is 1. The van der Waals surface area contributed by atoms with Gasteiger partial charge in [-0.3, -0.25) is 9.59 Å². The summed E-state index contributed by atoms with van der Waals surface area (Å²) in [7, 11) is 0. The van der Waals surface area contributed by atoms with Crippen molar-refractivity contribution in [2.75, 3.05) is 6.61 Å². The molecule has 0 fully saturated rings. The number of halogens is 2. The van der Waals surface area contributed by atoms with Crippen LogP contribution in [0.5, 0.6) is 0 Å². The zero-order chi connectivity index (χ0) is 12.1. The SMILES string of the molecule is CCOC(=O)CC(=O)c1ccc(Cl)c(F)c1. The fourth-order valence-corrected chi connectivity index (χ4v) is 1.23. The molecular formula is C11H10ClFO3. The molecule has 3 nitrogen and oxygen atoms in total. The lowest BCUT2D eigenvalue weighted by molar-refractivity contribution is -0.141. The zero-order valence-corrected chi connectivity index (χ0v) is 9.38. The van der Waals surface area contributed by atoms with Gasteiger partial charge in [0.1, 0.15) is 12.2 Å². The molecule has 16 heavy (non-hydrogen) atoms. The molecule has 0 heterocycles. The molecule has 86 valence electrons. The molecule has 0 aliphatic heterocycles. The number of rotatable bonds is 4. The molecular weight excluding hydrogens is 235 g/mol. The summed E-state index contributed by atoms with van der Waals surface area (Å²) in [6.45, 7) is 1.85. The van der Waals surface area contributed by atoms with E-state index in [9.17, 15) is 14.0 Å². The number of carbonyl (C=O) groups is 2. The third-order valence-electron chi connectivity index (χ3n) is 1.85. The average molecular weight is 245 g/mol. The number of hydrogen-bond donors (Lipinski definition) is 0. The lowest BCUT2D eigenvalue weighted by Crippen LogP contribution is -2.11. The van der Waals surface area contributed by atoms with Crippen LogP contribution in [-0.2, 0) is 9.53 Å². The van der Waals surface area contributed by atoms with Gasteiger partial charge in [-0.2, -0.15) is 0 Å². The largest absolute Gasteiger partial charge is 0.466 e. The van der Waals surface area contributed by atoms with E-state index in [1.165, 1.54) is 12.1 Å². The number of Topliss-reactive ketones (excluding diaryl/α,β-unsaturated/α-hetero) is 1. The van der Waals surface area contributed by atoms with E-state index in [2.05, 4.69) is 4.74 Å². The van der Waals surface area contributed by atoms with E-state index < -0.39 is 24.0 Å². The Bertz CT molecular complexity index is 418. The van der Waals surface area contributed by atoms with Crippen LogP contribution in [0.4, 0.5) is 4.39 Å². The van der Waals surface area contributed by atoms with Crippen molar-refractivity contribution in [2.24, 2.45) is 0 Å². The van der Waals surface area contributed by atoms with Crippen LogP contribution in [0.2, 0.25) is 5.02 Å². The van der Waals surface area contributed by atoms with E-state index in [1.54, 1.807) is 6.92 Å². The van der Waals surface area contributed by atoms with Gasteiger partial charge < -0.3 is 4.74 Å². The molecule has 0 saturated heterocycles. The van der Waals surface area contributed by atoms with Gasteiger partial charge in [0.25, 0.3) is 0 Å². The van der Waals surface area contributed by atoms with Gasteiger partial charge in [-0.05, 0) is 25.1 Å². The van der Waals surface area contributed by atoms with Crippen LogP contribution in [0.25, 0.3) is 0 Å². The maximum atomic E-state index is 13.0. The lowest BCUT2D eigenvalue weighted by Gasteiger charge is -2.02. The van der Waals surface area contributed by atoms with Gasteiger partial charge >= 0.3 is 5.97 Å². The van der Waals surface area contributed by atoms with E-state index in [0.717, 1.165) is 6.07 Å². The van der Waals surface area contributed by atoms with Gasteiger partial charge in [-0.15, -0.1) is 0 Å². The van der Waals surface area contributed by atoms with Crippen LogP contribution in [0, 0.1) is 5.82 Å². The van der Waals surface area contributed by atoms with Crippen molar-refractivity contribution in [3.8, 4) is 0 Å². The maximum Gasteiger partial charge on any atom is 0.313 e. The van der Waals surface area contributed by atoms with E-state index in [-0.39, 0.29) is 17.2 Å². The summed E-state index contributed by atoms with van der Waals surface area (Å²) in [6.07, 6.45) is -0.394. The summed E-state index contributed by atoms with van der Waals surface area (Å²) in [6, 6.07) is 3.64. The van der Waals surface area contributed by atoms with Crippen LogP contribution in [0.1, 0.15) is 23.7 Å². The monoisotopic (exact) mass is 244 g/mol. The van der Waals surface area contributed by atoms with Crippen LogP contribution in [0.15, 0.2) is 18.2 Å². The summed E-state index contributed by atoms with van der Waals surface area (Å²) in [5.74, 6) is -1.80. The fourth-order valence-electron chi connectivity index (χ4n) is 1.11. The van der Waals surface area contributed by atoms with Gasteiger partial charge in [-0.1, -0.05) is 11.6 Å². The average Bonchev–Trinajstić information content (AvgIpc) is 2.22. The molecule has 0 spiro atoms. The highest BCUT2D eigenvalue weighted by molar-refractivity contribution is 6.30. The summed E-state index contributed by atoms with van der Waals surface area (Å²) in [5.41, 5.74) is 0.106. The van der Waals surface area contributed by atoms with Crippen LogP contribution in [-0.4, -0.2) is 18.4 Å². The Morgan fingerprint density at radius 2 is 2.12 bits per heavy atom. The Morgan fingerprint density at radius 1 is 1.44 bits per heavy atom. The Hall–Kier alpha value is -1.42. The zero-order valence-electron chi connectivity index (χ0n) is 8.63. The van der Waals surface area contributed by atoms with Gasteiger partial charge in [-0.25, -0.2) is 4.39 Å². The molecule has 0 saturated carbocycles. The Morgan fingerprint density at radius 3 is 2.69 bits per heavy atom. The minimum absolute atomic E-state index is 0.0623. The molecule has 0 atom stereocenters. The van der Waals surface area contributed by atoms with Crippen molar-refractivity contribution in [3.05, 3.63) is 34.6 Å². The van der Waals surface area contributed by atoms with Crippen molar-refractivity contribution in [2.45, 2.75) is 13.3 Å². The van der Waals surface area contributed by atoms with Crippen molar-refractivity contribution in [1.82, 2.24) is 0 Å². The second-order valence-corrected chi connectivity index (χ2v) is 3.44. The maximum absolute atomic E-state index is 13.0. The highest BCUT2D eigenvalue weighted by Crippen LogP contribution is 2.16. The molecule has 0 amide bonds. The number of hydrogen-bond acceptors (Lipinski definition) is 3. The van der Waals surface area contributed by atoms with Crippen LogP contribution >= 0.6 is 11.6 Å². The highest BCUT2D eigenvalue weighted by atomic mass is 35.5. The molecule has 0 radical (unpaired) electrons. The number of ether oxygens (including phenoxy) is 1. The molecule has 1 aromatic rings. The van der Waals surface area contributed by atoms with Gasteiger partial charge in [0, 0.05) is 5.56 Å². The van der Waals surface area contributed by atoms with Crippen molar-refractivity contribution in [1.29, 1.82) is 0 Å². The van der Waals surface area contributed by atoms with Gasteiger partial charge in [0.05, 0.1) is 11.6 Å². The van der Waals surface area contributed by atoms with Crippen LogP contribution < -0.4 is 0 Å². The molecule has 0 unspecified atom stereocenters. The van der Waals surface area contributed by atoms with E-state index in [1.807, 2.05) is 0 Å². The second kappa shape index (κ2) is 5.61. The van der Waals surface area contributed by atoms with E-state index in [4.69, 9.17) is 11.6 Å². The summed E-state index contributed by atoms with van der Waals surface area (Å²) in [5, 5.41) is -0.0623. The predicted molar refractivity (Wildman–Crippen MR) is 57.0 cm³/mol. The van der Waals surface area contributed by atoms with Crippen LogP contribution in [0.3, 0.4) is 0 Å². The quantitative estimate of drug-likeness (QED) is 0.465. The highest BCUT2D eigenvalue weighted by Gasteiger charge is 2.13. The predicted octanol–water partition coefficient (Wildman–Crippen LogP) is 2.62. The second-order valence-electron chi connectivity index (χ2n) is 3.03. The molecule has 1 aromatic carbocycles. The molecule has 0 aromatic heterocycles. The van der Waals surface area contributed by atoms with E-state index >= 15 is 0 Å². The lowest BCUT2D eigenvalue weighted by atomic mass is 10.1. The van der Waals surface area contributed by atoms with Gasteiger partial charge in [0.15, 0.2) is 5.78 Å². The molecule has 0 aliphatic rings. The smallest absolute Gasteiger partial charge is 0.313 e. The minimum atomic E-state index is -0.684. The Labute approximate surface area is 97.2 Å². The normalized spacial score (nSPS) is 9.94. The third-order valence-corrected chi connectivity index (χ3v) is 2.16. The first-order valence-corrected chi connectivity index (χ1v) is 5.06. The van der Waals surface area contributed by atoms with Gasteiger partial charge in [0.2, 0.25) is 0 Å². The summed E-state index contributed by atoms with van der Waals surface area (Å²) >= 11 is 5.46. The van der Waals surface area contributed by atoms with Crippen molar-refractivity contribution < 1.29 is 18.7 Å². The number of ketones is 1. The summed E-state index contributed by atoms with van der Waals surface area (Å²) < 4.78 is 17.6.